The highest BCUT2D eigenvalue weighted by Gasteiger charge is 2.26. The fourth-order valence-corrected chi connectivity index (χ4v) is 4.32. The molecule has 0 saturated carbocycles. The highest BCUT2D eigenvalue weighted by atomic mass is 16.5. The summed E-state index contributed by atoms with van der Waals surface area (Å²) in [4.78, 5) is 30.0. The maximum absolute atomic E-state index is 13.0. The number of nitrogens with one attached hydrogen (secondary N) is 3. The minimum Gasteiger partial charge on any atom is -0.460 e. The van der Waals surface area contributed by atoms with Gasteiger partial charge in [-0.15, -0.1) is 0 Å². The zero-order valence-corrected chi connectivity index (χ0v) is 19.4. The number of likely N-dealkylation sites (tertiary alicyclic amines) is 1. The smallest absolute Gasteiger partial charge is 0.255 e. The number of benzene rings is 1. The highest BCUT2D eigenvalue weighted by Crippen LogP contribution is 2.31. The maximum Gasteiger partial charge on any atom is 0.255 e. The zero-order chi connectivity index (χ0) is 24.4. The van der Waals surface area contributed by atoms with E-state index in [1.54, 1.807) is 43.3 Å². The van der Waals surface area contributed by atoms with E-state index in [4.69, 9.17) is 14.6 Å². The number of hydrogen-bond acceptors (Lipinski definition) is 6. The Hall–Kier alpha value is -3.85. The van der Waals surface area contributed by atoms with E-state index < -0.39 is 6.10 Å². The van der Waals surface area contributed by atoms with Crippen molar-refractivity contribution in [2.75, 3.05) is 20.1 Å². The van der Waals surface area contributed by atoms with Crippen LogP contribution in [0, 0.1) is 19.3 Å². The molecular weight excluding hydrogens is 436 g/mol. The van der Waals surface area contributed by atoms with Gasteiger partial charge in [-0.1, -0.05) is 0 Å². The first-order valence-electron chi connectivity index (χ1n) is 11.1. The van der Waals surface area contributed by atoms with E-state index in [1.165, 1.54) is 6.08 Å². The van der Waals surface area contributed by atoms with Gasteiger partial charge in [-0.2, -0.15) is 0 Å². The fraction of sp³-hybridized carbons (Fsp3) is 0.320. The van der Waals surface area contributed by atoms with E-state index in [2.05, 4.69) is 10.3 Å². The van der Waals surface area contributed by atoms with Crippen LogP contribution in [0.4, 0.5) is 0 Å². The molecule has 2 amide bonds. The SMILES string of the molecule is CNC(=O)c1c(C)oc2cc(O/C(=C/C=N)c3[nH]cc(C(=O)N4CCCC(O)C4)c3C)ccc12. The van der Waals surface area contributed by atoms with E-state index in [9.17, 15) is 14.7 Å². The van der Waals surface area contributed by atoms with Crippen molar-refractivity contribution in [3.63, 3.8) is 0 Å². The number of fused-ring (bicyclic) bond motifs is 1. The third-order valence-electron chi connectivity index (χ3n) is 6.05. The third-order valence-corrected chi connectivity index (χ3v) is 6.05. The Balaban J connectivity index is 1.62. The van der Waals surface area contributed by atoms with Crippen molar-refractivity contribution in [3.8, 4) is 5.75 Å². The molecular formula is C25H28N4O5. The number of H-pyrrole nitrogens is 1. The van der Waals surface area contributed by atoms with Crippen LogP contribution in [0.15, 0.2) is 34.9 Å². The van der Waals surface area contributed by atoms with Crippen LogP contribution in [0.2, 0.25) is 0 Å². The second-order valence-corrected chi connectivity index (χ2v) is 8.32. The predicted molar refractivity (Wildman–Crippen MR) is 128 cm³/mol. The molecule has 4 N–H and O–H groups in total. The number of nitrogens with zero attached hydrogens (tertiary/aromatic N) is 1. The second-order valence-electron chi connectivity index (χ2n) is 8.32. The lowest BCUT2D eigenvalue weighted by molar-refractivity contribution is 0.0473. The number of piperidine rings is 1. The summed E-state index contributed by atoms with van der Waals surface area (Å²) >= 11 is 0. The van der Waals surface area contributed by atoms with Crippen LogP contribution in [0.5, 0.6) is 5.75 Å². The van der Waals surface area contributed by atoms with Crippen LogP contribution in [-0.4, -0.2) is 59.3 Å². The van der Waals surface area contributed by atoms with Crippen LogP contribution >= 0.6 is 0 Å². The minimum atomic E-state index is -0.503. The number of allylic oxidation sites excluding steroid dienone is 1. The number of aryl methyl sites for hydroxylation is 1. The number of carbonyl (C=O) groups excluding carboxylic acids is 2. The van der Waals surface area contributed by atoms with Gasteiger partial charge in [0.05, 0.1) is 22.9 Å². The third kappa shape index (κ3) is 4.34. The first-order valence-corrected chi connectivity index (χ1v) is 11.1. The second kappa shape index (κ2) is 9.56. The average Bonchev–Trinajstić information content (AvgIpc) is 3.36. The number of aliphatic hydroxyl groups is 1. The molecule has 0 radical (unpaired) electrons. The summed E-state index contributed by atoms with van der Waals surface area (Å²) < 4.78 is 11.8. The molecule has 1 fully saturated rings. The molecule has 3 heterocycles. The lowest BCUT2D eigenvalue weighted by Gasteiger charge is -2.30. The number of β-amino-alcohol motifs (C(OH)–C–C–N with tert-alkyl or cyclic N) is 1. The molecule has 178 valence electrons. The van der Waals surface area contributed by atoms with Gasteiger partial charge in [0.15, 0.2) is 5.76 Å². The molecule has 1 aromatic carbocycles. The Morgan fingerprint density at radius 3 is 2.85 bits per heavy atom. The van der Waals surface area contributed by atoms with Crippen LogP contribution in [0.25, 0.3) is 16.7 Å². The summed E-state index contributed by atoms with van der Waals surface area (Å²) in [6, 6.07) is 5.17. The first-order chi connectivity index (χ1) is 16.3. The summed E-state index contributed by atoms with van der Waals surface area (Å²) in [5, 5.41) is 20.8. The number of aliphatic hydroxyl groups excluding tert-OH is 1. The van der Waals surface area contributed by atoms with Gasteiger partial charge in [0, 0.05) is 50.1 Å². The summed E-state index contributed by atoms with van der Waals surface area (Å²) in [5.74, 6) is 0.947. The molecule has 1 aliphatic heterocycles. The van der Waals surface area contributed by atoms with E-state index in [-0.39, 0.29) is 11.8 Å². The summed E-state index contributed by atoms with van der Waals surface area (Å²) in [6.07, 6.45) is 5.19. The molecule has 0 spiro atoms. The lowest BCUT2D eigenvalue weighted by Crippen LogP contribution is -2.42. The van der Waals surface area contributed by atoms with E-state index in [1.807, 2.05) is 6.92 Å². The Labute approximate surface area is 196 Å². The Kier molecular flexibility index (Phi) is 6.56. The van der Waals surface area contributed by atoms with Gasteiger partial charge in [0.2, 0.25) is 0 Å². The number of rotatable bonds is 6. The van der Waals surface area contributed by atoms with E-state index >= 15 is 0 Å². The standard InChI is InChI=1S/C25H28N4O5/c1-14-19(25(32)29-10-4-5-16(30)13-29)12-28-23(14)20(8-9-26)34-17-6-7-18-21(11-17)33-15(2)22(18)24(31)27-3/h6-9,11-12,16,26,28,30H,4-5,10,13H2,1-3H3,(H,27,31)/b20-8+,26-9?. The Morgan fingerprint density at radius 2 is 2.15 bits per heavy atom. The van der Waals surface area contributed by atoms with Gasteiger partial charge in [0.25, 0.3) is 11.8 Å². The quantitative estimate of drug-likeness (QED) is 0.328. The van der Waals surface area contributed by atoms with Crippen molar-refractivity contribution >= 4 is 34.8 Å². The number of amides is 2. The van der Waals surface area contributed by atoms with Crippen molar-refractivity contribution < 1.29 is 23.8 Å². The molecule has 1 atom stereocenters. The predicted octanol–water partition coefficient (Wildman–Crippen LogP) is 3.40. The van der Waals surface area contributed by atoms with Gasteiger partial charge in [-0.05, 0) is 44.4 Å². The van der Waals surface area contributed by atoms with Gasteiger partial charge in [0.1, 0.15) is 17.1 Å². The van der Waals surface area contributed by atoms with Crippen molar-refractivity contribution in [2.45, 2.75) is 32.8 Å². The molecule has 2 aromatic heterocycles. The van der Waals surface area contributed by atoms with Crippen LogP contribution < -0.4 is 10.1 Å². The van der Waals surface area contributed by atoms with Crippen LogP contribution in [0.1, 0.15) is 50.6 Å². The fourth-order valence-electron chi connectivity index (χ4n) is 4.32. The maximum atomic E-state index is 13.0. The van der Waals surface area contributed by atoms with Gasteiger partial charge in [-0.3, -0.25) is 9.59 Å². The topological polar surface area (TPSA) is 132 Å². The average molecular weight is 465 g/mol. The largest absolute Gasteiger partial charge is 0.460 e. The van der Waals surface area contributed by atoms with Gasteiger partial charge in [-0.25, -0.2) is 0 Å². The van der Waals surface area contributed by atoms with Crippen LogP contribution in [-0.2, 0) is 0 Å². The molecule has 0 aliphatic carbocycles. The molecule has 9 heteroatoms. The summed E-state index contributed by atoms with van der Waals surface area (Å²) in [6.45, 7) is 4.47. The molecule has 1 saturated heterocycles. The van der Waals surface area contributed by atoms with E-state index in [0.29, 0.717) is 70.1 Å². The number of ether oxygens (including phenoxy) is 1. The lowest BCUT2D eigenvalue weighted by atomic mass is 10.1. The van der Waals surface area contributed by atoms with Gasteiger partial charge >= 0.3 is 0 Å². The normalized spacial score (nSPS) is 16.5. The van der Waals surface area contributed by atoms with Crippen molar-refractivity contribution in [2.24, 2.45) is 0 Å². The Bertz CT molecular complexity index is 1290. The number of aromatic nitrogens is 1. The van der Waals surface area contributed by atoms with E-state index in [0.717, 1.165) is 12.6 Å². The molecule has 3 aromatic rings. The highest BCUT2D eigenvalue weighted by molar-refractivity contribution is 6.07. The Morgan fingerprint density at radius 1 is 1.35 bits per heavy atom. The summed E-state index contributed by atoms with van der Waals surface area (Å²) in [7, 11) is 1.57. The number of furan rings is 1. The first kappa shape index (κ1) is 23.3. The number of carbonyl (C=O) groups is 2. The molecule has 4 rings (SSSR count). The molecule has 9 nitrogen and oxygen atoms in total. The van der Waals surface area contributed by atoms with Crippen LogP contribution in [0.3, 0.4) is 0 Å². The molecule has 1 aliphatic rings. The minimum absolute atomic E-state index is 0.151. The van der Waals surface area contributed by atoms with Gasteiger partial charge < -0.3 is 34.9 Å². The van der Waals surface area contributed by atoms with Crippen molar-refractivity contribution in [1.82, 2.24) is 15.2 Å². The number of hydrogen-bond donors (Lipinski definition) is 4. The number of aromatic amines is 1. The van der Waals surface area contributed by atoms with Crippen molar-refractivity contribution in [1.29, 1.82) is 5.41 Å². The molecule has 1 unspecified atom stereocenters. The monoisotopic (exact) mass is 464 g/mol. The molecule has 34 heavy (non-hydrogen) atoms. The summed E-state index contributed by atoms with van der Waals surface area (Å²) in [5.41, 5.74) is 2.74. The zero-order valence-electron chi connectivity index (χ0n) is 19.4. The van der Waals surface area contributed by atoms with Crippen molar-refractivity contribution in [3.05, 3.63) is 58.6 Å². The molecule has 0 bridgehead atoms.